The van der Waals surface area contributed by atoms with Crippen molar-refractivity contribution in [2.45, 2.75) is 12.9 Å². The predicted octanol–water partition coefficient (Wildman–Crippen LogP) is 3.90. The number of phenolic OH excluding ortho intramolecular Hbond substituents is 1. The van der Waals surface area contributed by atoms with Crippen molar-refractivity contribution in [3.8, 4) is 11.5 Å². The van der Waals surface area contributed by atoms with Crippen LogP contribution in [-0.4, -0.2) is 11.5 Å². The third-order valence-electron chi connectivity index (χ3n) is 2.56. The largest absolute Gasteiger partial charge is 0.573 e. The van der Waals surface area contributed by atoms with Gasteiger partial charge in [0.05, 0.1) is 0 Å². The number of phenols is 1. The monoisotopic (exact) mass is 283 g/mol. The number of ether oxygens (including phenoxy) is 1. The van der Waals surface area contributed by atoms with Gasteiger partial charge in [0.2, 0.25) is 0 Å². The van der Waals surface area contributed by atoms with E-state index >= 15 is 0 Å². The molecule has 6 heteroatoms. The van der Waals surface area contributed by atoms with Gasteiger partial charge in [0, 0.05) is 17.8 Å². The van der Waals surface area contributed by atoms with Gasteiger partial charge in [-0.25, -0.2) is 0 Å². The summed E-state index contributed by atoms with van der Waals surface area (Å²) in [6.07, 6.45) is -4.69. The van der Waals surface area contributed by atoms with Crippen molar-refractivity contribution in [1.29, 1.82) is 0 Å². The Hall–Kier alpha value is -2.37. The first-order valence-corrected chi connectivity index (χ1v) is 5.80. The Morgan fingerprint density at radius 3 is 2.25 bits per heavy atom. The summed E-state index contributed by atoms with van der Waals surface area (Å²) >= 11 is 0. The molecule has 2 aromatic carbocycles. The third kappa shape index (κ3) is 4.08. The van der Waals surface area contributed by atoms with Crippen LogP contribution in [0.4, 0.5) is 18.9 Å². The molecule has 20 heavy (non-hydrogen) atoms. The number of nitrogens with one attached hydrogen (secondary N) is 1. The summed E-state index contributed by atoms with van der Waals surface area (Å²) < 4.78 is 39.7. The number of anilines is 1. The molecule has 0 atom stereocenters. The molecule has 0 heterocycles. The van der Waals surface area contributed by atoms with E-state index in [1.807, 2.05) is 0 Å². The molecule has 0 aromatic heterocycles. The van der Waals surface area contributed by atoms with Crippen LogP contribution in [0.15, 0.2) is 48.5 Å². The number of halogens is 3. The summed E-state index contributed by atoms with van der Waals surface area (Å²) in [6, 6.07) is 12.2. The molecule has 2 aromatic rings. The second-order valence-corrected chi connectivity index (χ2v) is 4.05. The summed E-state index contributed by atoms with van der Waals surface area (Å²) in [4.78, 5) is 0. The number of benzene rings is 2. The molecule has 0 saturated carbocycles. The van der Waals surface area contributed by atoms with E-state index in [1.165, 1.54) is 24.3 Å². The molecule has 2 rings (SSSR count). The lowest BCUT2D eigenvalue weighted by Crippen LogP contribution is -2.17. The smallest absolute Gasteiger partial charge is 0.508 e. The zero-order valence-corrected chi connectivity index (χ0v) is 10.3. The fraction of sp³-hybridized carbons (Fsp3) is 0.143. The Bertz CT molecular complexity index is 567. The third-order valence-corrected chi connectivity index (χ3v) is 2.56. The number of para-hydroxylation sites is 1. The van der Waals surface area contributed by atoms with E-state index in [2.05, 4.69) is 10.1 Å². The number of rotatable bonds is 4. The molecular weight excluding hydrogens is 271 g/mol. The fourth-order valence-corrected chi connectivity index (χ4v) is 1.63. The maximum absolute atomic E-state index is 12.0. The van der Waals surface area contributed by atoms with E-state index in [9.17, 15) is 18.3 Å². The molecule has 0 saturated heterocycles. The van der Waals surface area contributed by atoms with Crippen LogP contribution in [0.2, 0.25) is 0 Å². The van der Waals surface area contributed by atoms with Crippen LogP contribution in [0.1, 0.15) is 5.56 Å². The maximum Gasteiger partial charge on any atom is 0.573 e. The van der Waals surface area contributed by atoms with Crippen LogP contribution in [-0.2, 0) is 6.54 Å². The second kappa shape index (κ2) is 5.73. The molecule has 0 radical (unpaired) electrons. The molecule has 0 spiro atoms. The normalized spacial score (nSPS) is 11.2. The SMILES string of the molecule is Oc1ccccc1CNc1ccc(OC(F)(F)F)cc1. The molecule has 0 amide bonds. The Morgan fingerprint density at radius 2 is 1.65 bits per heavy atom. The zero-order chi connectivity index (χ0) is 14.6. The van der Waals surface area contributed by atoms with E-state index in [0.717, 1.165) is 0 Å². The van der Waals surface area contributed by atoms with Crippen LogP contribution < -0.4 is 10.1 Å². The highest BCUT2D eigenvalue weighted by Gasteiger charge is 2.30. The quantitative estimate of drug-likeness (QED) is 0.894. The molecule has 2 N–H and O–H groups in total. The van der Waals surface area contributed by atoms with E-state index < -0.39 is 6.36 Å². The minimum atomic E-state index is -4.69. The van der Waals surface area contributed by atoms with Crippen molar-refractivity contribution >= 4 is 5.69 Å². The average Bonchev–Trinajstić information content (AvgIpc) is 2.38. The van der Waals surface area contributed by atoms with Crippen LogP contribution in [0.25, 0.3) is 0 Å². The molecular formula is C14H12F3NO2. The second-order valence-electron chi connectivity index (χ2n) is 4.05. The van der Waals surface area contributed by atoms with Gasteiger partial charge < -0.3 is 15.2 Å². The maximum atomic E-state index is 12.0. The molecule has 3 nitrogen and oxygen atoms in total. The van der Waals surface area contributed by atoms with Gasteiger partial charge >= 0.3 is 6.36 Å². The van der Waals surface area contributed by atoms with Crippen molar-refractivity contribution in [1.82, 2.24) is 0 Å². The first-order valence-electron chi connectivity index (χ1n) is 5.80. The molecule has 0 bridgehead atoms. The summed E-state index contributed by atoms with van der Waals surface area (Å²) in [5, 5.41) is 12.6. The first-order chi connectivity index (χ1) is 9.44. The van der Waals surface area contributed by atoms with E-state index in [1.54, 1.807) is 24.3 Å². The molecule has 0 aliphatic carbocycles. The van der Waals surface area contributed by atoms with Crippen molar-refractivity contribution in [2.24, 2.45) is 0 Å². The minimum absolute atomic E-state index is 0.164. The van der Waals surface area contributed by atoms with Crippen LogP contribution in [0.5, 0.6) is 11.5 Å². The van der Waals surface area contributed by atoms with Gasteiger partial charge in [0.1, 0.15) is 11.5 Å². The highest BCUT2D eigenvalue weighted by atomic mass is 19.4. The van der Waals surface area contributed by atoms with Crippen molar-refractivity contribution in [2.75, 3.05) is 5.32 Å². The Labute approximate surface area is 113 Å². The minimum Gasteiger partial charge on any atom is -0.508 e. The molecule has 106 valence electrons. The molecule has 0 aliphatic heterocycles. The van der Waals surface area contributed by atoms with Crippen molar-refractivity contribution in [3.05, 3.63) is 54.1 Å². The number of aromatic hydroxyl groups is 1. The highest BCUT2D eigenvalue weighted by Crippen LogP contribution is 2.24. The van der Waals surface area contributed by atoms with Crippen LogP contribution in [0, 0.1) is 0 Å². The number of hydrogen-bond donors (Lipinski definition) is 2. The summed E-state index contributed by atoms with van der Waals surface area (Å²) in [6.45, 7) is 0.367. The fourth-order valence-electron chi connectivity index (χ4n) is 1.63. The Balaban J connectivity index is 1.96. The zero-order valence-electron chi connectivity index (χ0n) is 10.3. The van der Waals surface area contributed by atoms with Crippen LogP contribution in [0.3, 0.4) is 0 Å². The van der Waals surface area contributed by atoms with Gasteiger partial charge in [-0.05, 0) is 30.3 Å². The lowest BCUT2D eigenvalue weighted by Gasteiger charge is -2.11. The lowest BCUT2D eigenvalue weighted by atomic mass is 10.2. The van der Waals surface area contributed by atoms with Crippen LogP contribution >= 0.6 is 0 Å². The molecule has 0 aliphatic rings. The van der Waals surface area contributed by atoms with Crippen molar-refractivity contribution < 1.29 is 23.0 Å². The van der Waals surface area contributed by atoms with Gasteiger partial charge in [-0.2, -0.15) is 0 Å². The van der Waals surface area contributed by atoms with E-state index in [-0.39, 0.29) is 11.5 Å². The standard InChI is InChI=1S/C14H12F3NO2/c15-14(16,17)20-12-7-5-11(6-8-12)18-9-10-3-1-2-4-13(10)19/h1-8,18-19H,9H2. The van der Waals surface area contributed by atoms with E-state index in [4.69, 9.17) is 0 Å². The van der Waals surface area contributed by atoms with Gasteiger partial charge in [-0.1, -0.05) is 18.2 Å². The van der Waals surface area contributed by atoms with Gasteiger partial charge in [0.15, 0.2) is 0 Å². The number of hydrogen-bond acceptors (Lipinski definition) is 3. The lowest BCUT2D eigenvalue weighted by molar-refractivity contribution is -0.274. The highest BCUT2D eigenvalue weighted by molar-refractivity contribution is 5.47. The topological polar surface area (TPSA) is 41.5 Å². The Morgan fingerprint density at radius 1 is 1.00 bits per heavy atom. The van der Waals surface area contributed by atoms with Gasteiger partial charge in [0.25, 0.3) is 0 Å². The molecule has 0 fully saturated rings. The first kappa shape index (κ1) is 14.0. The van der Waals surface area contributed by atoms with E-state index in [0.29, 0.717) is 17.8 Å². The summed E-state index contributed by atoms with van der Waals surface area (Å²) in [5.41, 5.74) is 1.32. The summed E-state index contributed by atoms with van der Waals surface area (Å²) in [5.74, 6) is -0.109. The average molecular weight is 283 g/mol. The molecule has 0 unspecified atom stereocenters. The van der Waals surface area contributed by atoms with Crippen molar-refractivity contribution in [3.63, 3.8) is 0 Å². The summed E-state index contributed by atoms with van der Waals surface area (Å²) in [7, 11) is 0. The van der Waals surface area contributed by atoms with Gasteiger partial charge in [-0.15, -0.1) is 13.2 Å². The Kier molecular flexibility index (Phi) is 4.02. The number of alkyl halides is 3. The van der Waals surface area contributed by atoms with Gasteiger partial charge in [-0.3, -0.25) is 0 Å². The predicted molar refractivity (Wildman–Crippen MR) is 68.6 cm³/mol.